The van der Waals surface area contributed by atoms with Gasteiger partial charge in [0.25, 0.3) is 11.5 Å². The average molecular weight is 468 g/mol. The van der Waals surface area contributed by atoms with Crippen molar-refractivity contribution in [2.45, 2.75) is 32.6 Å². The number of rotatable bonds is 5. The van der Waals surface area contributed by atoms with Crippen LogP contribution in [-0.2, 0) is 4.79 Å². The summed E-state index contributed by atoms with van der Waals surface area (Å²) in [6, 6.07) is 19.2. The minimum Gasteiger partial charge on any atom is -0.345 e. The zero-order valence-electron chi connectivity index (χ0n) is 20.3. The van der Waals surface area contributed by atoms with Gasteiger partial charge in [0.2, 0.25) is 0 Å². The highest BCUT2D eigenvalue weighted by atomic mass is 16.2. The van der Waals surface area contributed by atoms with Crippen LogP contribution in [0.2, 0.25) is 0 Å². The van der Waals surface area contributed by atoms with Crippen molar-refractivity contribution in [2.24, 2.45) is 5.92 Å². The molecule has 3 aromatic heterocycles. The maximum atomic E-state index is 13.2. The number of hydrogen-bond acceptors (Lipinski definition) is 4. The molecule has 0 saturated heterocycles. The zero-order valence-corrected chi connectivity index (χ0v) is 20.3. The SMILES string of the molecule is CCC1CCCC(n2nc(-c3c(-c4ccccc4)nn4ccccc34)ccc2=O)=C1C(=O)N(C)C. The molecule has 1 atom stereocenters. The number of allylic oxidation sites excluding steroid dienone is 1. The zero-order chi connectivity index (χ0) is 24.5. The van der Waals surface area contributed by atoms with Gasteiger partial charge in [-0.1, -0.05) is 43.3 Å². The summed E-state index contributed by atoms with van der Waals surface area (Å²) in [7, 11) is 3.51. The second-order valence-corrected chi connectivity index (χ2v) is 9.15. The molecule has 0 saturated carbocycles. The van der Waals surface area contributed by atoms with E-state index in [0.717, 1.165) is 41.6 Å². The minimum atomic E-state index is -0.234. The Bertz CT molecular complexity index is 1480. The van der Waals surface area contributed by atoms with Gasteiger partial charge in [-0.25, -0.2) is 9.20 Å². The number of amides is 1. The van der Waals surface area contributed by atoms with E-state index in [0.29, 0.717) is 23.4 Å². The number of fused-ring (bicyclic) bond motifs is 1. The predicted octanol–water partition coefficient (Wildman–Crippen LogP) is 4.73. The van der Waals surface area contributed by atoms with Crippen LogP contribution in [0.25, 0.3) is 33.7 Å². The quantitative estimate of drug-likeness (QED) is 0.425. The highest BCUT2D eigenvalue weighted by Gasteiger charge is 2.30. The molecule has 178 valence electrons. The Morgan fingerprint density at radius 1 is 1.03 bits per heavy atom. The molecule has 4 aromatic rings. The van der Waals surface area contributed by atoms with Crippen LogP contribution in [0, 0.1) is 5.92 Å². The summed E-state index contributed by atoms with van der Waals surface area (Å²) in [5.74, 6) is 0.0643. The topological polar surface area (TPSA) is 72.5 Å². The van der Waals surface area contributed by atoms with E-state index in [2.05, 4.69) is 6.92 Å². The lowest BCUT2D eigenvalue weighted by Crippen LogP contribution is -2.33. The smallest absolute Gasteiger partial charge is 0.271 e. The Hall–Kier alpha value is -4.00. The van der Waals surface area contributed by atoms with Crippen molar-refractivity contribution < 1.29 is 4.79 Å². The van der Waals surface area contributed by atoms with Gasteiger partial charge in [-0.3, -0.25) is 9.59 Å². The van der Waals surface area contributed by atoms with Crippen molar-refractivity contribution in [2.75, 3.05) is 14.1 Å². The summed E-state index contributed by atoms with van der Waals surface area (Å²) in [4.78, 5) is 27.9. The molecule has 1 unspecified atom stereocenters. The minimum absolute atomic E-state index is 0.0494. The first kappa shape index (κ1) is 22.8. The summed E-state index contributed by atoms with van der Waals surface area (Å²) in [5.41, 5.74) is 5.35. The predicted molar refractivity (Wildman–Crippen MR) is 138 cm³/mol. The molecular weight excluding hydrogens is 438 g/mol. The molecule has 35 heavy (non-hydrogen) atoms. The molecule has 0 fully saturated rings. The van der Waals surface area contributed by atoms with Crippen molar-refractivity contribution >= 4 is 17.1 Å². The highest BCUT2D eigenvalue weighted by Crippen LogP contribution is 2.37. The van der Waals surface area contributed by atoms with E-state index in [4.69, 9.17) is 10.2 Å². The molecule has 0 aliphatic heterocycles. The Morgan fingerprint density at radius 3 is 2.54 bits per heavy atom. The second-order valence-electron chi connectivity index (χ2n) is 9.15. The van der Waals surface area contributed by atoms with Gasteiger partial charge in [0.1, 0.15) is 5.69 Å². The van der Waals surface area contributed by atoms with E-state index in [1.165, 1.54) is 4.68 Å². The fourth-order valence-corrected chi connectivity index (χ4v) is 4.98. The third kappa shape index (κ3) is 4.07. The average Bonchev–Trinajstić information content (AvgIpc) is 3.28. The standard InChI is InChI=1S/C28H29N5O2/c1-4-19-13-10-15-23(25(19)28(35)31(2)3)33-24(34)17-16-21(29-33)26-22-14-8-9-18-32(22)30-27(26)20-11-6-5-7-12-20/h5-9,11-12,14,16-19H,4,10,13,15H2,1-3H3. The van der Waals surface area contributed by atoms with Crippen LogP contribution in [-0.4, -0.2) is 44.3 Å². The molecule has 0 N–H and O–H groups in total. The molecule has 0 bridgehead atoms. The van der Waals surface area contributed by atoms with Crippen molar-refractivity contribution in [3.63, 3.8) is 0 Å². The normalized spacial score (nSPS) is 16.0. The van der Waals surface area contributed by atoms with Gasteiger partial charge in [0, 0.05) is 37.5 Å². The van der Waals surface area contributed by atoms with Gasteiger partial charge in [-0.15, -0.1) is 0 Å². The largest absolute Gasteiger partial charge is 0.345 e. The summed E-state index contributed by atoms with van der Waals surface area (Å²) in [5, 5.41) is 9.69. The van der Waals surface area contributed by atoms with Crippen LogP contribution in [0.15, 0.2) is 77.2 Å². The monoisotopic (exact) mass is 467 g/mol. The first-order chi connectivity index (χ1) is 17.0. The Kier molecular flexibility index (Phi) is 6.07. The van der Waals surface area contributed by atoms with Crippen LogP contribution in [0.3, 0.4) is 0 Å². The van der Waals surface area contributed by atoms with Crippen molar-refractivity contribution in [3.05, 3.63) is 82.8 Å². The molecule has 3 heterocycles. The van der Waals surface area contributed by atoms with E-state index in [1.807, 2.05) is 59.2 Å². The van der Waals surface area contributed by atoms with E-state index in [1.54, 1.807) is 31.1 Å². The van der Waals surface area contributed by atoms with Gasteiger partial charge in [0.15, 0.2) is 0 Å². The number of aromatic nitrogens is 4. The van der Waals surface area contributed by atoms with E-state index < -0.39 is 0 Å². The fraction of sp³-hybridized carbons (Fsp3) is 0.286. The molecule has 1 aliphatic rings. The van der Waals surface area contributed by atoms with Crippen LogP contribution in [0.1, 0.15) is 32.6 Å². The van der Waals surface area contributed by atoms with E-state index in [9.17, 15) is 9.59 Å². The van der Waals surface area contributed by atoms with Gasteiger partial charge in [0.05, 0.1) is 22.5 Å². The summed E-state index contributed by atoms with van der Waals surface area (Å²) < 4.78 is 3.29. The highest BCUT2D eigenvalue weighted by molar-refractivity contribution is 5.99. The molecule has 7 heteroatoms. The van der Waals surface area contributed by atoms with E-state index >= 15 is 0 Å². The first-order valence-electron chi connectivity index (χ1n) is 12.1. The van der Waals surface area contributed by atoms with Gasteiger partial charge in [-0.2, -0.15) is 10.2 Å². The molecule has 1 amide bonds. The number of nitrogens with zero attached hydrogens (tertiary/aromatic N) is 5. The second kappa shape index (κ2) is 9.33. The van der Waals surface area contributed by atoms with Crippen LogP contribution in [0.4, 0.5) is 0 Å². The van der Waals surface area contributed by atoms with E-state index in [-0.39, 0.29) is 17.4 Å². The number of likely N-dealkylation sites (N-methyl/N-ethyl adjacent to an activating group) is 1. The molecule has 1 aromatic carbocycles. The Labute approximate surface area is 204 Å². The van der Waals surface area contributed by atoms with Crippen molar-refractivity contribution in [1.82, 2.24) is 24.3 Å². The maximum absolute atomic E-state index is 13.2. The van der Waals surface area contributed by atoms with Gasteiger partial charge in [-0.05, 0) is 49.8 Å². The molecule has 1 aliphatic carbocycles. The lowest BCUT2D eigenvalue weighted by molar-refractivity contribution is -0.125. The van der Waals surface area contributed by atoms with Crippen molar-refractivity contribution in [1.29, 1.82) is 0 Å². The number of carbonyl (C=O) groups is 1. The molecule has 5 rings (SSSR count). The summed E-state index contributed by atoms with van der Waals surface area (Å²) in [6.45, 7) is 2.09. The van der Waals surface area contributed by atoms with Crippen LogP contribution >= 0.6 is 0 Å². The maximum Gasteiger partial charge on any atom is 0.271 e. The van der Waals surface area contributed by atoms with Gasteiger partial charge >= 0.3 is 0 Å². The Balaban J connectivity index is 1.76. The number of carbonyl (C=O) groups excluding carboxylic acids is 1. The number of hydrogen-bond donors (Lipinski definition) is 0. The first-order valence-corrected chi connectivity index (χ1v) is 12.1. The number of pyridine rings is 1. The molecule has 0 spiro atoms. The molecule has 7 nitrogen and oxygen atoms in total. The Morgan fingerprint density at radius 2 is 1.80 bits per heavy atom. The van der Waals surface area contributed by atoms with Crippen molar-refractivity contribution in [3.8, 4) is 22.5 Å². The third-order valence-electron chi connectivity index (χ3n) is 6.71. The van der Waals surface area contributed by atoms with Crippen LogP contribution < -0.4 is 5.56 Å². The summed E-state index contributed by atoms with van der Waals surface area (Å²) >= 11 is 0. The fourth-order valence-electron chi connectivity index (χ4n) is 4.98. The summed E-state index contributed by atoms with van der Waals surface area (Å²) in [6.07, 6.45) is 5.25. The lowest BCUT2D eigenvalue weighted by atomic mass is 9.83. The third-order valence-corrected chi connectivity index (χ3v) is 6.71. The molecular formula is C28H29N5O2. The van der Waals surface area contributed by atoms with Crippen LogP contribution in [0.5, 0.6) is 0 Å². The molecule has 0 radical (unpaired) electrons. The number of benzene rings is 1. The van der Waals surface area contributed by atoms with Gasteiger partial charge < -0.3 is 4.90 Å². The lowest BCUT2D eigenvalue weighted by Gasteiger charge is -2.29.